The third-order valence-electron chi connectivity index (χ3n) is 4.16. The lowest BCUT2D eigenvalue weighted by atomic mass is 10.2. The highest BCUT2D eigenvalue weighted by Gasteiger charge is 2.19. The van der Waals surface area contributed by atoms with Crippen LogP contribution in [0.3, 0.4) is 0 Å². The Morgan fingerprint density at radius 3 is 2.45 bits per heavy atom. The van der Waals surface area contributed by atoms with Gasteiger partial charge >= 0.3 is 5.97 Å². The summed E-state index contributed by atoms with van der Waals surface area (Å²) in [5.74, 6) is -0.890. The van der Waals surface area contributed by atoms with Gasteiger partial charge in [0.1, 0.15) is 5.52 Å². The maximum absolute atomic E-state index is 12.6. The number of sulfonamides is 1. The summed E-state index contributed by atoms with van der Waals surface area (Å²) in [6.07, 6.45) is 0. The molecule has 0 amide bonds. The zero-order chi connectivity index (χ0) is 20.6. The van der Waals surface area contributed by atoms with E-state index in [1.165, 1.54) is 12.1 Å². The second-order valence-electron chi connectivity index (χ2n) is 6.12. The number of halogens is 1. The number of aromatic nitrogens is 1. The van der Waals surface area contributed by atoms with Gasteiger partial charge in [-0.15, -0.1) is 0 Å². The Hall–Kier alpha value is -3.36. The highest BCUT2D eigenvalue weighted by Crippen LogP contribution is 2.27. The minimum absolute atomic E-state index is 0.0425. The molecule has 29 heavy (non-hydrogen) atoms. The first-order valence-electron chi connectivity index (χ1n) is 8.35. The van der Waals surface area contributed by atoms with E-state index in [0.29, 0.717) is 22.7 Å². The van der Waals surface area contributed by atoms with Gasteiger partial charge in [-0.2, -0.15) is 0 Å². The van der Waals surface area contributed by atoms with E-state index in [-0.39, 0.29) is 15.5 Å². The third-order valence-corrected chi connectivity index (χ3v) is 5.87. The number of rotatable bonds is 5. The van der Waals surface area contributed by atoms with Crippen LogP contribution in [0, 0.1) is 0 Å². The van der Waals surface area contributed by atoms with Crippen molar-refractivity contribution in [1.29, 1.82) is 0 Å². The molecule has 0 spiro atoms. The molecule has 4 rings (SSSR count). The van der Waals surface area contributed by atoms with E-state index in [9.17, 15) is 13.2 Å². The van der Waals surface area contributed by atoms with Gasteiger partial charge in [0.15, 0.2) is 5.58 Å². The summed E-state index contributed by atoms with van der Waals surface area (Å²) < 4.78 is 33.3. The molecule has 9 heteroatoms. The molecule has 3 aromatic carbocycles. The SMILES string of the molecule is O=C(O)c1cc(S(=O)(=O)Nc2ccc(-c3nc4ccccc4o3)cc2)ccc1Cl. The van der Waals surface area contributed by atoms with Gasteiger partial charge in [-0.25, -0.2) is 18.2 Å². The van der Waals surface area contributed by atoms with E-state index < -0.39 is 16.0 Å². The van der Waals surface area contributed by atoms with Gasteiger partial charge < -0.3 is 9.52 Å². The van der Waals surface area contributed by atoms with Crippen molar-refractivity contribution in [3.8, 4) is 11.5 Å². The number of hydrogen-bond donors (Lipinski definition) is 2. The highest BCUT2D eigenvalue weighted by atomic mass is 35.5. The maximum atomic E-state index is 12.6. The van der Waals surface area contributed by atoms with E-state index in [2.05, 4.69) is 9.71 Å². The minimum Gasteiger partial charge on any atom is -0.478 e. The van der Waals surface area contributed by atoms with Crippen LogP contribution in [0.4, 0.5) is 5.69 Å². The Bertz CT molecular complexity index is 1300. The van der Waals surface area contributed by atoms with Crippen molar-refractivity contribution in [1.82, 2.24) is 4.98 Å². The monoisotopic (exact) mass is 428 g/mol. The van der Waals surface area contributed by atoms with Gasteiger partial charge in [-0.1, -0.05) is 23.7 Å². The Balaban J connectivity index is 1.59. The van der Waals surface area contributed by atoms with Crippen LogP contribution in [-0.2, 0) is 10.0 Å². The predicted octanol–water partition coefficient (Wildman–Crippen LogP) is 4.65. The largest absolute Gasteiger partial charge is 0.478 e. The number of para-hydroxylation sites is 2. The van der Waals surface area contributed by atoms with Gasteiger partial charge in [0.25, 0.3) is 10.0 Å². The lowest BCUT2D eigenvalue weighted by Crippen LogP contribution is -2.14. The van der Waals surface area contributed by atoms with Crippen LogP contribution < -0.4 is 4.72 Å². The molecule has 7 nitrogen and oxygen atoms in total. The molecule has 0 radical (unpaired) electrons. The first-order valence-corrected chi connectivity index (χ1v) is 10.2. The Kier molecular flexibility index (Phi) is 4.73. The van der Waals surface area contributed by atoms with Crippen LogP contribution in [0.5, 0.6) is 0 Å². The number of carboxylic acids is 1. The summed E-state index contributed by atoms with van der Waals surface area (Å²) in [6, 6.07) is 17.3. The van der Waals surface area contributed by atoms with Crippen molar-refractivity contribution >= 4 is 44.4 Å². The third kappa shape index (κ3) is 3.80. The van der Waals surface area contributed by atoms with Crippen molar-refractivity contribution in [2.45, 2.75) is 4.90 Å². The fourth-order valence-electron chi connectivity index (χ4n) is 2.73. The van der Waals surface area contributed by atoms with E-state index >= 15 is 0 Å². The summed E-state index contributed by atoms with van der Waals surface area (Å²) >= 11 is 5.80. The van der Waals surface area contributed by atoms with Crippen LogP contribution in [0.25, 0.3) is 22.6 Å². The number of nitrogens with zero attached hydrogens (tertiary/aromatic N) is 1. The Labute approximate surface area is 170 Å². The molecule has 0 aliphatic carbocycles. The number of carboxylic acid groups (broad SMARTS) is 1. The van der Waals surface area contributed by atoms with Crippen LogP contribution >= 0.6 is 11.6 Å². The first-order chi connectivity index (χ1) is 13.8. The smallest absolute Gasteiger partial charge is 0.337 e. The summed E-state index contributed by atoms with van der Waals surface area (Å²) in [5, 5.41) is 9.08. The van der Waals surface area contributed by atoms with Gasteiger partial charge in [-0.3, -0.25) is 4.72 Å². The lowest BCUT2D eigenvalue weighted by Gasteiger charge is -2.09. The van der Waals surface area contributed by atoms with Gasteiger partial charge in [-0.05, 0) is 54.6 Å². The molecule has 0 saturated carbocycles. The minimum atomic E-state index is -4.00. The second kappa shape index (κ2) is 7.23. The van der Waals surface area contributed by atoms with Crippen molar-refractivity contribution in [3.05, 3.63) is 77.3 Å². The zero-order valence-corrected chi connectivity index (χ0v) is 16.2. The molecular weight excluding hydrogens is 416 g/mol. The topological polar surface area (TPSA) is 110 Å². The molecule has 0 atom stereocenters. The van der Waals surface area contributed by atoms with E-state index in [1.54, 1.807) is 24.3 Å². The van der Waals surface area contributed by atoms with Gasteiger partial charge in [0, 0.05) is 11.3 Å². The molecule has 0 aliphatic rings. The van der Waals surface area contributed by atoms with Gasteiger partial charge in [0.2, 0.25) is 5.89 Å². The average Bonchev–Trinajstić information content (AvgIpc) is 3.12. The standard InChI is InChI=1S/C20H13ClN2O5S/c21-16-10-9-14(11-15(16)20(24)25)29(26,27)23-13-7-5-12(6-8-13)19-22-17-3-1-2-4-18(17)28-19/h1-11,23H,(H,24,25). The number of benzene rings is 3. The molecule has 0 fully saturated rings. The number of oxazole rings is 1. The number of aromatic carboxylic acids is 1. The fraction of sp³-hybridized carbons (Fsp3) is 0. The molecule has 0 bridgehead atoms. The van der Waals surface area contributed by atoms with E-state index in [0.717, 1.165) is 11.6 Å². The van der Waals surface area contributed by atoms with Crippen molar-refractivity contribution in [3.63, 3.8) is 0 Å². The van der Waals surface area contributed by atoms with Crippen molar-refractivity contribution in [2.24, 2.45) is 0 Å². The highest BCUT2D eigenvalue weighted by molar-refractivity contribution is 7.92. The fourth-order valence-corrected chi connectivity index (χ4v) is 4.01. The molecular formula is C20H13ClN2O5S. The zero-order valence-electron chi connectivity index (χ0n) is 14.7. The van der Waals surface area contributed by atoms with Crippen LogP contribution in [-0.4, -0.2) is 24.5 Å². The maximum Gasteiger partial charge on any atom is 0.337 e. The van der Waals surface area contributed by atoms with Crippen molar-refractivity contribution in [2.75, 3.05) is 4.72 Å². The second-order valence-corrected chi connectivity index (χ2v) is 8.21. The number of carbonyl (C=O) groups is 1. The van der Waals surface area contributed by atoms with Crippen LogP contribution in [0.15, 0.2) is 76.0 Å². The number of anilines is 1. The molecule has 146 valence electrons. The molecule has 4 aromatic rings. The molecule has 0 aliphatic heterocycles. The summed E-state index contributed by atoms with van der Waals surface area (Å²) in [7, 11) is -4.00. The summed E-state index contributed by atoms with van der Waals surface area (Å²) in [4.78, 5) is 15.4. The van der Waals surface area contributed by atoms with E-state index in [4.69, 9.17) is 21.1 Å². The molecule has 2 N–H and O–H groups in total. The predicted molar refractivity (Wildman–Crippen MR) is 109 cm³/mol. The average molecular weight is 429 g/mol. The quantitative estimate of drug-likeness (QED) is 0.479. The molecule has 1 heterocycles. The number of hydrogen-bond acceptors (Lipinski definition) is 5. The molecule has 1 aromatic heterocycles. The van der Waals surface area contributed by atoms with Gasteiger partial charge in [0.05, 0.1) is 15.5 Å². The normalized spacial score (nSPS) is 11.5. The summed E-state index contributed by atoms with van der Waals surface area (Å²) in [5.41, 5.74) is 2.08. The molecule has 0 unspecified atom stereocenters. The number of fused-ring (bicyclic) bond motifs is 1. The van der Waals surface area contributed by atoms with Crippen LogP contribution in [0.2, 0.25) is 5.02 Å². The van der Waals surface area contributed by atoms with Crippen molar-refractivity contribution < 1.29 is 22.7 Å². The number of nitrogens with one attached hydrogen (secondary N) is 1. The molecule has 0 saturated heterocycles. The summed E-state index contributed by atoms with van der Waals surface area (Å²) in [6.45, 7) is 0. The Morgan fingerprint density at radius 2 is 1.76 bits per heavy atom. The lowest BCUT2D eigenvalue weighted by molar-refractivity contribution is 0.0697. The Morgan fingerprint density at radius 1 is 1.03 bits per heavy atom. The first kappa shape index (κ1) is 19.0. The van der Waals surface area contributed by atoms with Crippen LogP contribution in [0.1, 0.15) is 10.4 Å². The van der Waals surface area contributed by atoms with E-state index in [1.807, 2.05) is 24.3 Å².